The van der Waals surface area contributed by atoms with Crippen molar-refractivity contribution in [1.29, 1.82) is 0 Å². The van der Waals surface area contributed by atoms with Crippen LogP contribution in [0.1, 0.15) is 23.1 Å². The molecule has 0 saturated carbocycles. The Morgan fingerprint density at radius 2 is 2.11 bits per heavy atom. The number of rotatable bonds is 2. The number of aromatic nitrogens is 2. The van der Waals surface area contributed by atoms with Crippen LogP contribution in [-0.4, -0.2) is 57.1 Å². The number of ether oxygens (including phenoxy) is 1. The summed E-state index contributed by atoms with van der Waals surface area (Å²) in [6.07, 6.45) is 1.59. The summed E-state index contributed by atoms with van der Waals surface area (Å²) in [6.45, 7) is 3.88. The minimum atomic E-state index is -1.07. The second-order valence-corrected chi connectivity index (χ2v) is 4.53. The Hall–Kier alpha value is -2.02. The maximum atomic E-state index is 12.2. The Labute approximate surface area is 110 Å². The maximum Gasteiger partial charge on any atom is 0.334 e. The molecular formula is C12H15N3O4. The first-order valence-electron chi connectivity index (χ1n) is 5.93. The number of nitrogens with zero attached hydrogens (tertiary/aromatic N) is 3. The van der Waals surface area contributed by atoms with Crippen LogP contribution in [0.15, 0.2) is 12.4 Å². The summed E-state index contributed by atoms with van der Waals surface area (Å²) >= 11 is 0. The fourth-order valence-electron chi connectivity index (χ4n) is 1.92. The van der Waals surface area contributed by atoms with E-state index in [0.29, 0.717) is 6.54 Å². The van der Waals surface area contributed by atoms with E-state index in [1.807, 2.05) is 0 Å². The molecule has 1 N–H and O–H groups in total. The Morgan fingerprint density at radius 3 is 2.68 bits per heavy atom. The van der Waals surface area contributed by atoms with Crippen molar-refractivity contribution in [1.82, 2.24) is 14.9 Å². The predicted octanol–water partition coefficient (Wildman–Crippen LogP) is 0.0991. The van der Waals surface area contributed by atoms with Gasteiger partial charge in [-0.25, -0.2) is 9.78 Å². The van der Waals surface area contributed by atoms with Crippen LogP contribution >= 0.6 is 0 Å². The molecule has 19 heavy (non-hydrogen) atoms. The second-order valence-electron chi connectivity index (χ2n) is 4.53. The zero-order valence-corrected chi connectivity index (χ0v) is 10.7. The summed E-state index contributed by atoms with van der Waals surface area (Å²) in [5.41, 5.74) is 0.930. The molecule has 2 atom stereocenters. The van der Waals surface area contributed by atoms with Gasteiger partial charge in [0.1, 0.15) is 5.69 Å². The van der Waals surface area contributed by atoms with Crippen LogP contribution < -0.4 is 0 Å². The van der Waals surface area contributed by atoms with Crippen LogP contribution in [0.5, 0.6) is 0 Å². The number of hydrogen-bond acceptors (Lipinski definition) is 5. The van der Waals surface area contributed by atoms with Gasteiger partial charge in [0.15, 0.2) is 6.10 Å². The lowest BCUT2D eigenvalue weighted by Crippen LogP contribution is -2.51. The summed E-state index contributed by atoms with van der Waals surface area (Å²) in [7, 11) is 0. The Balaban J connectivity index is 2.14. The predicted molar refractivity (Wildman–Crippen MR) is 64.6 cm³/mol. The topological polar surface area (TPSA) is 92.6 Å². The summed E-state index contributed by atoms with van der Waals surface area (Å²) in [6, 6.07) is 0. The van der Waals surface area contributed by atoms with Crippen LogP contribution in [0.2, 0.25) is 0 Å². The van der Waals surface area contributed by atoms with Crippen molar-refractivity contribution in [3.05, 3.63) is 23.8 Å². The van der Waals surface area contributed by atoms with Crippen LogP contribution in [0, 0.1) is 6.92 Å². The van der Waals surface area contributed by atoms with Crippen LogP contribution in [0.4, 0.5) is 0 Å². The van der Waals surface area contributed by atoms with Crippen molar-refractivity contribution in [2.75, 3.05) is 13.1 Å². The summed E-state index contributed by atoms with van der Waals surface area (Å²) in [4.78, 5) is 32.6. The number of carbonyl (C=O) groups is 2. The average molecular weight is 265 g/mol. The van der Waals surface area contributed by atoms with Crippen LogP contribution in [-0.2, 0) is 9.53 Å². The molecular weight excluding hydrogens is 250 g/mol. The first-order valence-corrected chi connectivity index (χ1v) is 5.93. The van der Waals surface area contributed by atoms with Crippen LogP contribution in [0.25, 0.3) is 0 Å². The summed E-state index contributed by atoms with van der Waals surface area (Å²) in [5, 5.41) is 8.97. The molecule has 1 saturated heterocycles. The highest BCUT2D eigenvalue weighted by atomic mass is 16.5. The minimum Gasteiger partial charge on any atom is -0.479 e. The van der Waals surface area contributed by atoms with Gasteiger partial charge in [-0.15, -0.1) is 0 Å². The Morgan fingerprint density at radius 1 is 1.37 bits per heavy atom. The molecule has 0 radical (unpaired) electrons. The monoisotopic (exact) mass is 265 g/mol. The lowest BCUT2D eigenvalue weighted by molar-refractivity contribution is -0.160. The average Bonchev–Trinajstić information content (AvgIpc) is 2.38. The lowest BCUT2D eigenvalue weighted by atomic mass is 10.2. The third-order valence-corrected chi connectivity index (χ3v) is 2.82. The Bertz CT molecular complexity index is 488. The van der Waals surface area contributed by atoms with E-state index in [9.17, 15) is 9.59 Å². The van der Waals surface area contributed by atoms with Crippen molar-refractivity contribution in [2.45, 2.75) is 26.1 Å². The third kappa shape index (κ3) is 3.05. The Kier molecular flexibility index (Phi) is 3.75. The van der Waals surface area contributed by atoms with Gasteiger partial charge in [0, 0.05) is 12.7 Å². The molecule has 2 heterocycles. The van der Waals surface area contributed by atoms with Crippen molar-refractivity contribution in [2.24, 2.45) is 0 Å². The molecule has 1 fully saturated rings. The van der Waals surface area contributed by atoms with E-state index in [-0.39, 0.29) is 24.2 Å². The summed E-state index contributed by atoms with van der Waals surface area (Å²) < 4.78 is 5.25. The van der Waals surface area contributed by atoms with E-state index in [1.165, 1.54) is 17.3 Å². The minimum absolute atomic E-state index is 0.0219. The molecule has 1 amide bonds. The molecule has 0 bridgehead atoms. The standard InChI is InChI=1S/C12H15N3O4/c1-7-3-14-9(4-13-7)11(16)15-5-8(2)19-10(6-15)12(17)18/h3-4,8,10H,5-6H2,1-2H3,(H,17,18)/t8-,10?/m1/s1. The highest BCUT2D eigenvalue weighted by Crippen LogP contribution is 2.13. The van der Waals surface area contributed by atoms with Crippen molar-refractivity contribution >= 4 is 11.9 Å². The maximum absolute atomic E-state index is 12.2. The van der Waals surface area contributed by atoms with E-state index in [1.54, 1.807) is 13.8 Å². The number of aryl methyl sites for hydroxylation is 1. The van der Waals surface area contributed by atoms with Gasteiger partial charge in [0.05, 0.1) is 24.5 Å². The van der Waals surface area contributed by atoms with Gasteiger partial charge in [0.25, 0.3) is 5.91 Å². The molecule has 1 unspecified atom stereocenters. The molecule has 7 nitrogen and oxygen atoms in total. The van der Waals surface area contributed by atoms with Crippen LogP contribution in [0.3, 0.4) is 0 Å². The van der Waals surface area contributed by atoms with Gasteiger partial charge in [-0.2, -0.15) is 0 Å². The number of carbonyl (C=O) groups excluding carboxylic acids is 1. The molecule has 1 aliphatic heterocycles. The highest BCUT2D eigenvalue weighted by Gasteiger charge is 2.33. The van der Waals surface area contributed by atoms with Gasteiger partial charge in [-0.05, 0) is 13.8 Å². The van der Waals surface area contributed by atoms with Crippen molar-refractivity contribution < 1.29 is 19.4 Å². The van der Waals surface area contributed by atoms with E-state index >= 15 is 0 Å². The van der Waals surface area contributed by atoms with Crippen molar-refractivity contribution in [3.8, 4) is 0 Å². The fourth-order valence-corrected chi connectivity index (χ4v) is 1.92. The quantitative estimate of drug-likeness (QED) is 0.815. The number of amides is 1. The lowest BCUT2D eigenvalue weighted by Gasteiger charge is -2.34. The van der Waals surface area contributed by atoms with Gasteiger partial charge in [-0.1, -0.05) is 0 Å². The SMILES string of the molecule is Cc1cnc(C(=O)N2CC(C(=O)O)O[C@H](C)C2)cn1. The fraction of sp³-hybridized carbons (Fsp3) is 0.500. The number of hydrogen-bond donors (Lipinski definition) is 1. The smallest absolute Gasteiger partial charge is 0.334 e. The molecule has 1 aromatic rings. The van der Waals surface area contributed by atoms with E-state index in [2.05, 4.69) is 9.97 Å². The highest BCUT2D eigenvalue weighted by molar-refractivity contribution is 5.92. The van der Waals surface area contributed by atoms with Gasteiger partial charge in [0.2, 0.25) is 0 Å². The largest absolute Gasteiger partial charge is 0.479 e. The molecule has 2 rings (SSSR count). The molecule has 1 aromatic heterocycles. The van der Waals surface area contributed by atoms with E-state index < -0.39 is 12.1 Å². The summed E-state index contributed by atoms with van der Waals surface area (Å²) in [5.74, 6) is -1.40. The van der Waals surface area contributed by atoms with E-state index in [4.69, 9.17) is 9.84 Å². The van der Waals surface area contributed by atoms with E-state index in [0.717, 1.165) is 5.69 Å². The second kappa shape index (κ2) is 5.31. The van der Waals surface area contributed by atoms with Gasteiger partial charge >= 0.3 is 5.97 Å². The number of morpholine rings is 1. The first kappa shape index (κ1) is 13.4. The number of aliphatic carboxylic acids is 1. The van der Waals surface area contributed by atoms with Gasteiger partial charge in [-0.3, -0.25) is 9.78 Å². The molecule has 0 spiro atoms. The molecule has 7 heteroatoms. The molecule has 102 valence electrons. The number of carboxylic acid groups (broad SMARTS) is 1. The third-order valence-electron chi connectivity index (χ3n) is 2.82. The molecule has 1 aliphatic rings. The zero-order chi connectivity index (χ0) is 14.0. The normalized spacial score (nSPS) is 23.2. The first-order chi connectivity index (χ1) is 8.97. The number of carboxylic acids is 1. The zero-order valence-electron chi connectivity index (χ0n) is 10.7. The molecule has 0 aliphatic carbocycles. The van der Waals surface area contributed by atoms with Gasteiger partial charge < -0.3 is 14.7 Å². The van der Waals surface area contributed by atoms with Crippen molar-refractivity contribution in [3.63, 3.8) is 0 Å². The molecule has 0 aromatic carbocycles.